The lowest BCUT2D eigenvalue weighted by Crippen LogP contribution is -2.23. The molecule has 0 aromatic heterocycles. The van der Waals surface area contributed by atoms with Crippen molar-refractivity contribution in [2.45, 2.75) is 0 Å². The van der Waals surface area contributed by atoms with Crippen molar-refractivity contribution in [3.05, 3.63) is 106 Å². The van der Waals surface area contributed by atoms with Crippen molar-refractivity contribution < 1.29 is 14.4 Å². The average Bonchev–Trinajstić information content (AvgIpc) is 2.79. The highest BCUT2D eigenvalue weighted by atomic mass is 35.5. The van der Waals surface area contributed by atoms with Crippen LogP contribution in [0.15, 0.2) is 78.9 Å². The molecule has 150 valence electrons. The summed E-state index contributed by atoms with van der Waals surface area (Å²) >= 11 is 6.34. The number of carbonyl (C=O) groups is 3. The van der Waals surface area contributed by atoms with Crippen molar-refractivity contribution in [2.24, 2.45) is 0 Å². The van der Waals surface area contributed by atoms with Gasteiger partial charge in [-0.3, -0.25) is 9.59 Å². The van der Waals surface area contributed by atoms with E-state index in [2.05, 4.69) is 10.6 Å². The Hall–Kier alpha value is -3.96. The molecule has 1 aliphatic carbocycles. The molecule has 0 atom stereocenters. The Labute approximate surface area is 182 Å². The normalized spacial score (nSPS) is 12.3. The Bertz CT molecular complexity index is 1410. The summed E-state index contributed by atoms with van der Waals surface area (Å²) in [4.78, 5) is 38.4. The zero-order chi connectivity index (χ0) is 21.5. The van der Waals surface area contributed by atoms with Gasteiger partial charge in [-0.2, -0.15) is 0 Å². The van der Waals surface area contributed by atoms with Gasteiger partial charge in [0.25, 0.3) is 0 Å². The van der Waals surface area contributed by atoms with Crippen LogP contribution in [0.4, 0.5) is 16.2 Å². The van der Waals surface area contributed by atoms with Crippen LogP contribution in [0.5, 0.6) is 0 Å². The summed E-state index contributed by atoms with van der Waals surface area (Å²) in [6.45, 7) is 0. The van der Waals surface area contributed by atoms with Crippen LogP contribution in [-0.2, 0) is 0 Å². The summed E-state index contributed by atoms with van der Waals surface area (Å²) in [7, 11) is 0. The van der Waals surface area contributed by atoms with Crippen LogP contribution in [-0.4, -0.2) is 17.6 Å². The number of fused-ring (bicyclic) bond motifs is 3. The van der Waals surface area contributed by atoms with E-state index in [1.54, 1.807) is 30.3 Å². The van der Waals surface area contributed by atoms with Crippen LogP contribution in [0.1, 0.15) is 31.8 Å². The highest BCUT2D eigenvalue weighted by molar-refractivity contribution is 6.36. The Balaban J connectivity index is 1.46. The lowest BCUT2D eigenvalue weighted by atomic mass is 9.84. The number of urea groups is 1. The number of benzene rings is 4. The third-order valence-electron chi connectivity index (χ3n) is 5.30. The monoisotopic (exact) mass is 426 g/mol. The number of halogens is 1. The Kier molecular flexibility index (Phi) is 4.53. The van der Waals surface area contributed by atoms with E-state index >= 15 is 0 Å². The topological polar surface area (TPSA) is 75.3 Å². The van der Waals surface area contributed by atoms with Gasteiger partial charge in [0, 0.05) is 27.6 Å². The van der Waals surface area contributed by atoms with Gasteiger partial charge in [0.1, 0.15) is 0 Å². The van der Waals surface area contributed by atoms with E-state index in [-0.39, 0.29) is 33.4 Å². The number of carbonyl (C=O) groups excluding carboxylic acids is 3. The predicted molar refractivity (Wildman–Crippen MR) is 121 cm³/mol. The van der Waals surface area contributed by atoms with E-state index in [1.165, 1.54) is 12.1 Å². The van der Waals surface area contributed by atoms with Gasteiger partial charge in [0.05, 0.1) is 16.4 Å². The quantitative estimate of drug-likeness (QED) is 0.368. The second-order valence-electron chi connectivity index (χ2n) is 7.19. The number of ketones is 2. The molecule has 0 spiro atoms. The molecule has 0 aliphatic heterocycles. The number of amides is 2. The maximum atomic E-state index is 12.9. The largest absolute Gasteiger partial charge is 0.323 e. The summed E-state index contributed by atoms with van der Waals surface area (Å²) in [5, 5.41) is 7.57. The Morgan fingerprint density at radius 1 is 0.645 bits per heavy atom. The summed E-state index contributed by atoms with van der Waals surface area (Å²) in [5.41, 5.74) is 2.03. The molecule has 0 saturated heterocycles. The Morgan fingerprint density at radius 2 is 1.23 bits per heavy atom. The molecule has 0 fully saturated rings. The minimum Gasteiger partial charge on any atom is -0.307 e. The number of hydrogen-bond donors (Lipinski definition) is 2. The van der Waals surface area contributed by atoms with Crippen LogP contribution in [0.2, 0.25) is 5.02 Å². The first-order valence-electron chi connectivity index (χ1n) is 9.60. The fraction of sp³-hybridized carbons (Fsp3) is 0. The molecule has 6 heteroatoms. The molecule has 1 aliphatic rings. The van der Waals surface area contributed by atoms with Crippen LogP contribution >= 0.6 is 11.6 Å². The zero-order valence-electron chi connectivity index (χ0n) is 16.1. The van der Waals surface area contributed by atoms with Gasteiger partial charge < -0.3 is 10.6 Å². The minimum absolute atomic E-state index is 0.173. The molecule has 0 heterocycles. The molecule has 4 aromatic rings. The van der Waals surface area contributed by atoms with Crippen molar-refractivity contribution in [3.63, 3.8) is 0 Å². The highest BCUT2D eigenvalue weighted by Gasteiger charge is 2.30. The maximum Gasteiger partial charge on any atom is 0.323 e. The zero-order valence-corrected chi connectivity index (χ0v) is 16.9. The van der Waals surface area contributed by atoms with E-state index in [4.69, 9.17) is 11.6 Å². The Morgan fingerprint density at radius 3 is 1.97 bits per heavy atom. The lowest BCUT2D eigenvalue weighted by Gasteiger charge is -2.19. The van der Waals surface area contributed by atoms with E-state index < -0.39 is 6.03 Å². The molecule has 31 heavy (non-hydrogen) atoms. The van der Waals surface area contributed by atoms with Gasteiger partial charge in [0.15, 0.2) is 11.6 Å². The number of hydrogen-bond acceptors (Lipinski definition) is 3. The first kappa shape index (κ1) is 19.0. The maximum absolute atomic E-state index is 12.9. The standard InChI is InChI=1S/C25H15ClN2O3/c26-20-12-18-19(24(30)17-10-4-3-9-16(17)23(18)29)13-22(20)28-25(31)27-21-11-5-7-14-6-1-2-8-15(14)21/h1-13H,(H2,27,28,31). The summed E-state index contributed by atoms with van der Waals surface area (Å²) in [5.74, 6) is -0.543. The molecule has 0 bridgehead atoms. The van der Waals surface area contributed by atoms with E-state index in [0.29, 0.717) is 16.8 Å². The summed E-state index contributed by atoms with van der Waals surface area (Å²) < 4.78 is 0. The van der Waals surface area contributed by atoms with Gasteiger partial charge in [0.2, 0.25) is 0 Å². The first-order chi connectivity index (χ1) is 15.0. The molecule has 5 rings (SSSR count). The molecule has 0 unspecified atom stereocenters. The number of anilines is 2. The third kappa shape index (κ3) is 3.25. The van der Waals surface area contributed by atoms with Crippen molar-refractivity contribution in [2.75, 3.05) is 10.6 Å². The molecular weight excluding hydrogens is 412 g/mol. The molecule has 0 radical (unpaired) electrons. The van der Waals surface area contributed by atoms with Gasteiger partial charge in [-0.05, 0) is 23.6 Å². The highest BCUT2D eigenvalue weighted by Crippen LogP contribution is 2.33. The summed E-state index contributed by atoms with van der Waals surface area (Å²) in [6.07, 6.45) is 0. The number of rotatable bonds is 2. The fourth-order valence-electron chi connectivity index (χ4n) is 3.82. The van der Waals surface area contributed by atoms with Crippen molar-refractivity contribution in [3.8, 4) is 0 Å². The van der Waals surface area contributed by atoms with Gasteiger partial charge >= 0.3 is 6.03 Å². The lowest BCUT2D eigenvalue weighted by molar-refractivity contribution is 0.0979. The van der Waals surface area contributed by atoms with Crippen LogP contribution in [0.3, 0.4) is 0 Å². The van der Waals surface area contributed by atoms with Gasteiger partial charge in [-0.25, -0.2) is 4.79 Å². The van der Waals surface area contributed by atoms with E-state index in [9.17, 15) is 14.4 Å². The third-order valence-corrected chi connectivity index (χ3v) is 5.61. The smallest absolute Gasteiger partial charge is 0.307 e. The van der Waals surface area contributed by atoms with Crippen molar-refractivity contribution >= 4 is 51.3 Å². The fourth-order valence-corrected chi connectivity index (χ4v) is 4.04. The van der Waals surface area contributed by atoms with Crippen LogP contribution < -0.4 is 10.6 Å². The molecule has 5 nitrogen and oxygen atoms in total. The molecule has 2 amide bonds. The summed E-state index contributed by atoms with van der Waals surface area (Å²) in [6, 6.07) is 22.3. The minimum atomic E-state index is -0.506. The molecule has 2 N–H and O–H groups in total. The predicted octanol–water partition coefficient (Wildman–Crippen LogP) is 5.91. The molecule has 4 aromatic carbocycles. The SMILES string of the molecule is O=C(Nc1cc2c(cc1Cl)C(=O)c1ccccc1C2=O)Nc1cccc2ccccc12. The second kappa shape index (κ2) is 7.38. The first-order valence-corrected chi connectivity index (χ1v) is 9.98. The second-order valence-corrected chi connectivity index (χ2v) is 7.59. The molecule has 0 saturated carbocycles. The van der Waals surface area contributed by atoms with Gasteiger partial charge in [-0.15, -0.1) is 0 Å². The van der Waals surface area contributed by atoms with Gasteiger partial charge in [-0.1, -0.05) is 72.3 Å². The van der Waals surface area contributed by atoms with E-state index in [0.717, 1.165) is 10.8 Å². The van der Waals surface area contributed by atoms with Crippen LogP contribution in [0, 0.1) is 0 Å². The molecular formula is C25H15ClN2O3. The average molecular weight is 427 g/mol. The van der Waals surface area contributed by atoms with Crippen molar-refractivity contribution in [1.29, 1.82) is 0 Å². The van der Waals surface area contributed by atoms with Crippen molar-refractivity contribution in [1.82, 2.24) is 0 Å². The number of nitrogens with one attached hydrogen (secondary N) is 2. The van der Waals surface area contributed by atoms with Crippen LogP contribution in [0.25, 0.3) is 10.8 Å². The van der Waals surface area contributed by atoms with E-state index in [1.807, 2.05) is 36.4 Å².